The highest BCUT2D eigenvalue weighted by Gasteiger charge is 2.37. The molecular formula is C27H34O2S. The van der Waals surface area contributed by atoms with Crippen LogP contribution in [0.25, 0.3) is 11.1 Å². The zero-order valence-electron chi connectivity index (χ0n) is 19.3. The van der Waals surface area contributed by atoms with Crippen LogP contribution in [0.15, 0.2) is 52.9 Å². The average Bonchev–Trinajstić information content (AvgIpc) is 2.92. The predicted molar refractivity (Wildman–Crippen MR) is 129 cm³/mol. The van der Waals surface area contributed by atoms with Crippen molar-refractivity contribution in [1.82, 2.24) is 0 Å². The van der Waals surface area contributed by atoms with Gasteiger partial charge in [-0.2, -0.15) is 0 Å². The molecule has 3 rings (SSSR count). The van der Waals surface area contributed by atoms with Gasteiger partial charge in [0.15, 0.2) is 9.84 Å². The molecule has 2 nitrogen and oxygen atoms in total. The molecule has 0 N–H and O–H groups in total. The SMILES string of the molecule is CC1=C(S(C)(=O)=O)C(c2cc(C)cc(C)c2)=C(c2ccc(C)cc2)C1CCC(C)C. The van der Waals surface area contributed by atoms with E-state index in [4.69, 9.17) is 0 Å². The quantitative estimate of drug-likeness (QED) is 0.507. The lowest BCUT2D eigenvalue weighted by atomic mass is 9.84. The van der Waals surface area contributed by atoms with Crippen molar-refractivity contribution in [3.8, 4) is 0 Å². The summed E-state index contributed by atoms with van der Waals surface area (Å²) in [5.41, 5.74) is 8.70. The van der Waals surface area contributed by atoms with Crippen molar-refractivity contribution >= 4 is 21.0 Å². The van der Waals surface area contributed by atoms with Gasteiger partial charge in [-0.05, 0) is 62.3 Å². The zero-order chi connectivity index (χ0) is 22.2. The van der Waals surface area contributed by atoms with Gasteiger partial charge < -0.3 is 0 Å². The van der Waals surface area contributed by atoms with Crippen LogP contribution in [0.3, 0.4) is 0 Å². The highest BCUT2D eigenvalue weighted by atomic mass is 32.2. The Morgan fingerprint density at radius 2 is 1.40 bits per heavy atom. The zero-order valence-corrected chi connectivity index (χ0v) is 20.2. The molecule has 160 valence electrons. The summed E-state index contributed by atoms with van der Waals surface area (Å²) in [6.45, 7) is 12.7. The fourth-order valence-electron chi connectivity index (χ4n) is 4.69. The van der Waals surface area contributed by atoms with E-state index in [-0.39, 0.29) is 5.92 Å². The number of rotatable bonds is 6. The summed E-state index contributed by atoms with van der Waals surface area (Å²) in [5, 5.41) is 0. The van der Waals surface area contributed by atoms with Crippen molar-refractivity contribution in [2.45, 2.75) is 54.4 Å². The largest absolute Gasteiger partial charge is 0.224 e. The summed E-state index contributed by atoms with van der Waals surface area (Å²) in [7, 11) is -3.37. The van der Waals surface area contributed by atoms with E-state index in [1.807, 2.05) is 6.92 Å². The minimum atomic E-state index is -3.37. The molecule has 3 heteroatoms. The molecule has 1 aliphatic carbocycles. The van der Waals surface area contributed by atoms with Crippen LogP contribution >= 0.6 is 0 Å². The number of hydrogen-bond acceptors (Lipinski definition) is 2. The summed E-state index contributed by atoms with van der Waals surface area (Å²) in [5.74, 6) is 0.694. The smallest absolute Gasteiger partial charge is 0.176 e. The molecule has 2 aromatic rings. The molecular weight excluding hydrogens is 388 g/mol. The lowest BCUT2D eigenvalue weighted by Crippen LogP contribution is -2.06. The summed E-state index contributed by atoms with van der Waals surface area (Å²) < 4.78 is 26.0. The van der Waals surface area contributed by atoms with Crippen molar-refractivity contribution in [1.29, 1.82) is 0 Å². The third-order valence-electron chi connectivity index (χ3n) is 6.00. The monoisotopic (exact) mass is 422 g/mol. The highest BCUT2D eigenvalue weighted by molar-refractivity contribution is 7.95. The fraction of sp³-hybridized carbons (Fsp3) is 0.407. The summed E-state index contributed by atoms with van der Waals surface area (Å²) in [6.07, 6.45) is 3.38. The number of allylic oxidation sites excluding steroid dienone is 3. The van der Waals surface area contributed by atoms with Crippen LogP contribution in [0.1, 0.15) is 61.4 Å². The maximum atomic E-state index is 13.0. The molecule has 2 aromatic carbocycles. The molecule has 0 heterocycles. The first-order valence-electron chi connectivity index (χ1n) is 10.8. The van der Waals surface area contributed by atoms with Crippen molar-refractivity contribution < 1.29 is 8.42 Å². The molecule has 1 atom stereocenters. The molecule has 30 heavy (non-hydrogen) atoms. The van der Waals surface area contributed by atoms with Crippen LogP contribution in [0.4, 0.5) is 0 Å². The van der Waals surface area contributed by atoms with Gasteiger partial charge in [0.1, 0.15) is 0 Å². The third kappa shape index (κ3) is 4.62. The topological polar surface area (TPSA) is 34.1 Å². The third-order valence-corrected chi connectivity index (χ3v) is 7.27. The van der Waals surface area contributed by atoms with Gasteiger partial charge in [0, 0.05) is 17.7 Å². The van der Waals surface area contributed by atoms with Crippen LogP contribution in [0, 0.1) is 32.6 Å². The number of hydrogen-bond donors (Lipinski definition) is 0. The molecule has 0 saturated carbocycles. The first-order chi connectivity index (χ1) is 14.0. The van der Waals surface area contributed by atoms with Crippen molar-refractivity contribution in [3.05, 3.63) is 80.8 Å². The van der Waals surface area contributed by atoms with E-state index >= 15 is 0 Å². The number of aryl methyl sites for hydroxylation is 3. The molecule has 0 aromatic heterocycles. The fourth-order valence-corrected chi connectivity index (χ4v) is 6.02. The van der Waals surface area contributed by atoms with Gasteiger partial charge in [0.05, 0.1) is 4.91 Å². The first kappa shape index (κ1) is 22.6. The Morgan fingerprint density at radius 3 is 1.90 bits per heavy atom. The second kappa shape index (κ2) is 8.55. The second-order valence-corrected chi connectivity index (χ2v) is 11.3. The van der Waals surface area contributed by atoms with E-state index in [1.54, 1.807) is 0 Å². The van der Waals surface area contributed by atoms with E-state index in [0.29, 0.717) is 10.8 Å². The lowest BCUT2D eigenvalue weighted by molar-refractivity contribution is 0.520. The molecule has 0 fully saturated rings. The van der Waals surface area contributed by atoms with Gasteiger partial charge in [0.25, 0.3) is 0 Å². The highest BCUT2D eigenvalue weighted by Crippen LogP contribution is 2.51. The van der Waals surface area contributed by atoms with Crippen molar-refractivity contribution in [2.75, 3.05) is 6.26 Å². The molecule has 1 unspecified atom stereocenters. The van der Waals surface area contributed by atoms with Gasteiger partial charge in [-0.1, -0.05) is 79.4 Å². The Morgan fingerprint density at radius 1 is 0.833 bits per heavy atom. The van der Waals surface area contributed by atoms with Crippen LogP contribution < -0.4 is 0 Å². The van der Waals surface area contributed by atoms with Gasteiger partial charge in [-0.15, -0.1) is 0 Å². The molecule has 0 spiro atoms. The maximum Gasteiger partial charge on any atom is 0.176 e. The molecule has 0 bridgehead atoms. The predicted octanol–water partition coefficient (Wildman–Crippen LogP) is 6.91. The van der Waals surface area contributed by atoms with Crippen molar-refractivity contribution in [2.24, 2.45) is 11.8 Å². The van der Waals surface area contributed by atoms with E-state index < -0.39 is 9.84 Å². The summed E-state index contributed by atoms with van der Waals surface area (Å²) in [4.78, 5) is 0.525. The minimum absolute atomic E-state index is 0.121. The number of sulfone groups is 1. The van der Waals surface area contributed by atoms with Gasteiger partial charge in [-0.25, -0.2) is 8.42 Å². The minimum Gasteiger partial charge on any atom is -0.224 e. The Bertz CT molecular complexity index is 1090. The van der Waals surface area contributed by atoms with Crippen LogP contribution in [0.2, 0.25) is 0 Å². The van der Waals surface area contributed by atoms with Crippen LogP contribution in [0.5, 0.6) is 0 Å². The Labute approximate surface area is 182 Å². The normalized spacial score (nSPS) is 17.4. The summed E-state index contributed by atoms with van der Waals surface area (Å²) in [6, 6.07) is 14.9. The Kier molecular flexibility index (Phi) is 6.43. The van der Waals surface area contributed by atoms with Gasteiger partial charge in [-0.3, -0.25) is 0 Å². The first-order valence-corrected chi connectivity index (χ1v) is 12.7. The Hall–Kier alpha value is -2.13. The van der Waals surface area contributed by atoms with Crippen molar-refractivity contribution in [3.63, 3.8) is 0 Å². The van der Waals surface area contributed by atoms with E-state index in [1.165, 1.54) is 17.4 Å². The molecule has 0 aliphatic heterocycles. The van der Waals surface area contributed by atoms with E-state index in [9.17, 15) is 8.42 Å². The maximum absolute atomic E-state index is 13.0. The standard InChI is InChI=1S/C27H34O2S/c1-17(2)8-13-24-21(6)27(30(7,28)29)26(23-15-19(4)14-20(5)16-23)25(24)22-11-9-18(3)10-12-22/h9-12,14-17,24H,8,13H2,1-7H3. The van der Waals surface area contributed by atoms with E-state index in [0.717, 1.165) is 46.2 Å². The van der Waals surface area contributed by atoms with Crippen LogP contribution in [-0.4, -0.2) is 14.7 Å². The molecule has 0 amide bonds. The molecule has 0 saturated heterocycles. The van der Waals surface area contributed by atoms with E-state index in [2.05, 4.69) is 77.1 Å². The van der Waals surface area contributed by atoms with Gasteiger partial charge in [0.2, 0.25) is 0 Å². The molecule has 1 aliphatic rings. The lowest BCUT2D eigenvalue weighted by Gasteiger charge is -2.20. The summed E-state index contributed by atoms with van der Waals surface area (Å²) >= 11 is 0. The Balaban J connectivity index is 2.36. The van der Waals surface area contributed by atoms with Gasteiger partial charge >= 0.3 is 0 Å². The van der Waals surface area contributed by atoms with Crippen LogP contribution in [-0.2, 0) is 9.84 Å². The number of benzene rings is 2. The molecule has 0 radical (unpaired) electrons. The average molecular weight is 423 g/mol. The second-order valence-electron chi connectivity index (χ2n) is 9.34.